The van der Waals surface area contributed by atoms with E-state index in [0.29, 0.717) is 23.3 Å². The molecule has 5 nitrogen and oxygen atoms in total. The summed E-state index contributed by atoms with van der Waals surface area (Å²) in [7, 11) is 0. The highest BCUT2D eigenvalue weighted by Crippen LogP contribution is 2.32. The predicted octanol–water partition coefficient (Wildman–Crippen LogP) is 0.856. The standard InChI is InChI=1S/C14H19N3O2S/c1-20-8-13(18)16-11-2-3-12-10-4-9(5-15-6-10)7-17(12)14(11)19/h2-3,9-10,15H,4-8H2,1H3,(H,16,18)/t9-,10-/m1/s1. The van der Waals surface area contributed by atoms with E-state index in [4.69, 9.17) is 0 Å². The molecule has 1 amide bonds. The van der Waals surface area contributed by atoms with Crippen LogP contribution in [0.4, 0.5) is 5.69 Å². The molecular formula is C14H19N3O2S. The lowest BCUT2D eigenvalue weighted by atomic mass is 9.84. The Morgan fingerprint density at radius 1 is 1.50 bits per heavy atom. The maximum Gasteiger partial charge on any atom is 0.274 e. The van der Waals surface area contributed by atoms with E-state index in [1.54, 1.807) is 6.07 Å². The van der Waals surface area contributed by atoms with E-state index in [0.717, 1.165) is 31.7 Å². The van der Waals surface area contributed by atoms with Gasteiger partial charge in [0.25, 0.3) is 5.56 Å². The molecule has 1 fully saturated rings. The van der Waals surface area contributed by atoms with Gasteiger partial charge in [-0.3, -0.25) is 9.59 Å². The molecule has 0 unspecified atom stereocenters. The van der Waals surface area contributed by atoms with Crippen molar-refractivity contribution in [3.8, 4) is 0 Å². The van der Waals surface area contributed by atoms with Crippen LogP contribution in [0.2, 0.25) is 0 Å². The normalized spacial score (nSPS) is 24.1. The van der Waals surface area contributed by atoms with E-state index in [2.05, 4.69) is 10.6 Å². The number of hydrogen-bond acceptors (Lipinski definition) is 4. The van der Waals surface area contributed by atoms with Crippen LogP contribution < -0.4 is 16.2 Å². The summed E-state index contributed by atoms with van der Waals surface area (Å²) >= 11 is 1.45. The van der Waals surface area contributed by atoms with Crippen molar-refractivity contribution >= 4 is 23.4 Å². The quantitative estimate of drug-likeness (QED) is 0.867. The zero-order valence-corrected chi connectivity index (χ0v) is 12.3. The number of anilines is 1. The summed E-state index contributed by atoms with van der Waals surface area (Å²) in [5.41, 5.74) is 1.44. The number of nitrogens with zero attached hydrogens (tertiary/aromatic N) is 1. The van der Waals surface area contributed by atoms with Gasteiger partial charge in [0, 0.05) is 24.7 Å². The third-order valence-electron chi connectivity index (χ3n) is 4.06. The molecule has 3 rings (SSSR count). The van der Waals surface area contributed by atoms with Gasteiger partial charge in [0.1, 0.15) is 5.69 Å². The number of pyridine rings is 1. The summed E-state index contributed by atoms with van der Waals surface area (Å²) in [6.45, 7) is 2.67. The molecule has 3 heterocycles. The molecule has 2 aliphatic rings. The maximum absolute atomic E-state index is 12.5. The minimum atomic E-state index is -0.118. The Morgan fingerprint density at radius 3 is 3.15 bits per heavy atom. The number of carbonyl (C=O) groups excluding carboxylic acids is 1. The molecule has 0 spiro atoms. The van der Waals surface area contributed by atoms with E-state index in [9.17, 15) is 9.59 Å². The maximum atomic E-state index is 12.5. The van der Waals surface area contributed by atoms with Crippen molar-refractivity contribution in [2.75, 3.05) is 30.4 Å². The number of nitrogens with one attached hydrogen (secondary N) is 2. The molecule has 1 saturated heterocycles. The van der Waals surface area contributed by atoms with Crippen LogP contribution in [0.3, 0.4) is 0 Å². The number of piperidine rings is 1. The Kier molecular flexibility index (Phi) is 3.85. The van der Waals surface area contributed by atoms with Crippen LogP contribution in [-0.2, 0) is 11.3 Å². The van der Waals surface area contributed by atoms with Crippen molar-refractivity contribution in [2.24, 2.45) is 5.92 Å². The third kappa shape index (κ3) is 2.50. The number of carbonyl (C=O) groups is 1. The number of rotatable bonds is 3. The van der Waals surface area contributed by atoms with E-state index < -0.39 is 0 Å². The van der Waals surface area contributed by atoms with Gasteiger partial charge in [0.2, 0.25) is 5.91 Å². The predicted molar refractivity (Wildman–Crippen MR) is 81.4 cm³/mol. The summed E-state index contributed by atoms with van der Waals surface area (Å²) in [5, 5.41) is 6.14. The van der Waals surface area contributed by atoms with Crippen molar-refractivity contribution in [1.29, 1.82) is 0 Å². The molecule has 20 heavy (non-hydrogen) atoms. The molecule has 2 aliphatic heterocycles. The Labute approximate surface area is 122 Å². The third-order valence-corrected chi connectivity index (χ3v) is 4.61. The minimum absolute atomic E-state index is 0.0615. The largest absolute Gasteiger partial charge is 0.321 e. The minimum Gasteiger partial charge on any atom is -0.321 e. The zero-order chi connectivity index (χ0) is 14.1. The summed E-state index contributed by atoms with van der Waals surface area (Å²) in [4.78, 5) is 24.1. The topological polar surface area (TPSA) is 63.1 Å². The fourth-order valence-corrected chi connectivity index (χ4v) is 3.54. The molecule has 0 radical (unpaired) electrons. The lowest BCUT2D eigenvalue weighted by molar-refractivity contribution is -0.113. The molecule has 1 aromatic rings. The number of thioether (sulfide) groups is 1. The first-order valence-electron chi connectivity index (χ1n) is 6.92. The van der Waals surface area contributed by atoms with Gasteiger partial charge in [-0.1, -0.05) is 0 Å². The number of aromatic nitrogens is 1. The Bertz CT molecular complexity index is 584. The highest BCUT2D eigenvalue weighted by molar-refractivity contribution is 7.99. The van der Waals surface area contributed by atoms with E-state index >= 15 is 0 Å². The van der Waals surface area contributed by atoms with Gasteiger partial charge in [-0.25, -0.2) is 0 Å². The first-order valence-corrected chi connectivity index (χ1v) is 8.31. The monoisotopic (exact) mass is 293 g/mol. The van der Waals surface area contributed by atoms with Crippen molar-refractivity contribution < 1.29 is 4.79 Å². The second-order valence-electron chi connectivity index (χ2n) is 5.53. The fourth-order valence-electron chi connectivity index (χ4n) is 3.20. The van der Waals surface area contributed by atoms with Gasteiger partial charge < -0.3 is 15.2 Å². The molecule has 2 atom stereocenters. The van der Waals surface area contributed by atoms with E-state index in [-0.39, 0.29) is 11.5 Å². The Morgan fingerprint density at radius 2 is 2.35 bits per heavy atom. The number of fused-ring (bicyclic) bond motifs is 4. The van der Waals surface area contributed by atoms with Gasteiger partial charge >= 0.3 is 0 Å². The smallest absolute Gasteiger partial charge is 0.274 e. The van der Waals surface area contributed by atoms with Crippen LogP contribution in [0.5, 0.6) is 0 Å². The lowest BCUT2D eigenvalue weighted by Gasteiger charge is -2.37. The summed E-state index contributed by atoms with van der Waals surface area (Å²) < 4.78 is 1.86. The molecule has 0 aromatic carbocycles. The van der Waals surface area contributed by atoms with Gasteiger partial charge in [0.15, 0.2) is 0 Å². The summed E-state index contributed by atoms with van der Waals surface area (Å²) in [6.07, 6.45) is 3.03. The van der Waals surface area contributed by atoms with Crippen LogP contribution in [0.15, 0.2) is 16.9 Å². The average molecular weight is 293 g/mol. The van der Waals surface area contributed by atoms with Gasteiger partial charge in [-0.2, -0.15) is 11.8 Å². The van der Waals surface area contributed by atoms with E-state index in [1.807, 2.05) is 16.9 Å². The zero-order valence-electron chi connectivity index (χ0n) is 11.5. The SMILES string of the molecule is CSCC(=O)Nc1ccc2n(c1=O)C[C@H]1CNC[C@H]2C1. The second kappa shape index (κ2) is 5.61. The first-order chi connectivity index (χ1) is 9.69. The van der Waals surface area contributed by atoms with Crippen molar-refractivity contribution in [3.05, 3.63) is 28.2 Å². The highest BCUT2D eigenvalue weighted by Gasteiger charge is 2.31. The van der Waals surface area contributed by atoms with Crippen LogP contribution in [0.1, 0.15) is 18.0 Å². The molecular weight excluding hydrogens is 274 g/mol. The molecule has 6 heteroatoms. The van der Waals surface area contributed by atoms with Crippen LogP contribution in [0.25, 0.3) is 0 Å². The molecule has 108 valence electrons. The lowest BCUT2D eigenvalue weighted by Crippen LogP contribution is -2.45. The first kappa shape index (κ1) is 13.7. The van der Waals surface area contributed by atoms with Gasteiger partial charge in [-0.05, 0) is 37.3 Å². The number of hydrogen-bond donors (Lipinski definition) is 2. The molecule has 2 N–H and O–H groups in total. The Balaban J connectivity index is 1.91. The summed E-state index contributed by atoms with van der Waals surface area (Å²) in [5.74, 6) is 1.20. The fraction of sp³-hybridized carbons (Fsp3) is 0.571. The molecule has 0 aliphatic carbocycles. The van der Waals surface area contributed by atoms with Crippen LogP contribution >= 0.6 is 11.8 Å². The van der Waals surface area contributed by atoms with Crippen molar-refractivity contribution in [3.63, 3.8) is 0 Å². The molecule has 1 aromatic heterocycles. The Hall–Kier alpha value is -1.27. The van der Waals surface area contributed by atoms with Gasteiger partial charge in [0.05, 0.1) is 5.75 Å². The van der Waals surface area contributed by atoms with Crippen LogP contribution in [0, 0.1) is 5.92 Å². The average Bonchev–Trinajstić information content (AvgIpc) is 2.43. The van der Waals surface area contributed by atoms with Crippen molar-refractivity contribution in [1.82, 2.24) is 9.88 Å². The van der Waals surface area contributed by atoms with Gasteiger partial charge in [-0.15, -0.1) is 0 Å². The summed E-state index contributed by atoms with van der Waals surface area (Å²) in [6, 6.07) is 3.74. The highest BCUT2D eigenvalue weighted by atomic mass is 32.2. The van der Waals surface area contributed by atoms with Crippen LogP contribution in [-0.4, -0.2) is 35.6 Å². The number of amides is 1. The van der Waals surface area contributed by atoms with E-state index in [1.165, 1.54) is 11.8 Å². The molecule has 2 bridgehead atoms. The van der Waals surface area contributed by atoms with Crippen molar-refractivity contribution in [2.45, 2.75) is 18.9 Å². The second-order valence-corrected chi connectivity index (χ2v) is 6.39. The molecule has 0 saturated carbocycles.